The number of rotatable bonds is 5. The van der Waals surface area contributed by atoms with Gasteiger partial charge in [0.1, 0.15) is 0 Å². The van der Waals surface area contributed by atoms with Crippen molar-refractivity contribution in [3.63, 3.8) is 0 Å². The summed E-state index contributed by atoms with van der Waals surface area (Å²) in [6, 6.07) is 0. The molecule has 0 fully saturated rings. The smallest absolute Gasteiger partial charge is 0.241 e. The van der Waals surface area contributed by atoms with E-state index in [9.17, 15) is 4.79 Å². The summed E-state index contributed by atoms with van der Waals surface area (Å²) >= 11 is 0. The zero-order chi connectivity index (χ0) is 16.8. The minimum Gasteiger partial charge on any atom is -0.366 e. The van der Waals surface area contributed by atoms with E-state index < -0.39 is 5.91 Å². The van der Waals surface area contributed by atoms with Crippen LogP contribution in [0.3, 0.4) is 0 Å². The van der Waals surface area contributed by atoms with Crippen molar-refractivity contribution in [2.45, 2.75) is 53.9 Å². The molecule has 0 bridgehead atoms. The number of carbonyl (C=O) groups excluding carboxylic acids is 1. The average Bonchev–Trinajstić information content (AvgIpc) is 2.36. The van der Waals surface area contributed by atoms with Gasteiger partial charge in [0.2, 0.25) is 5.91 Å². The zero-order valence-corrected chi connectivity index (χ0v) is 14.6. The topological polar surface area (TPSA) is 43.1 Å². The SMILES string of the molecule is CC1=C(/C=C/C(C)=C/C=C\C(C)=C\C(N)=O)C(C)(C)CCC1. The summed E-state index contributed by atoms with van der Waals surface area (Å²) in [5.74, 6) is -0.412. The molecule has 0 aromatic carbocycles. The van der Waals surface area contributed by atoms with E-state index in [1.165, 1.54) is 42.1 Å². The van der Waals surface area contributed by atoms with Crippen molar-refractivity contribution >= 4 is 5.91 Å². The lowest BCUT2D eigenvalue weighted by atomic mass is 9.72. The molecule has 0 unspecified atom stereocenters. The minimum absolute atomic E-state index is 0.274. The van der Waals surface area contributed by atoms with Gasteiger partial charge in [-0.1, -0.05) is 55.4 Å². The molecule has 0 heterocycles. The van der Waals surface area contributed by atoms with E-state index in [0.717, 1.165) is 5.57 Å². The maximum atomic E-state index is 10.8. The van der Waals surface area contributed by atoms with E-state index in [1.54, 1.807) is 0 Å². The van der Waals surface area contributed by atoms with Crippen LogP contribution in [0.1, 0.15) is 53.9 Å². The van der Waals surface area contributed by atoms with Gasteiger partial charge in [-0.2, -0.15) is 0 Å². The van der Waals surface area contributed by atoms with Crippen LogP contribution in [0.2, 0.25) is 0 Å². The maximum absolute atomic E-state index is 10.8. The van der Waals surface area contributed by atoms with Crippen LogP contribution in [-0.2, 0) is 4.79 Å². The number of hydrogen-bond acceptors (Lipinski definition) is 1. The van der Waals surface area contributed by atoms with E-state index in [2.05, 4.69) is 39.8 Å². The van der Waals surface area contributed by atoms with E-state index in [-0.39, 0.29) is 5.41 Å². The number of hydrogen-bond donors (Lipinski definition) is 1. The van der Waals surface area contributed by atoms with Crippen molar-refractivity contribution < 1.29 is 4.79 Å². The van der Waals surface area contributed by atoms with Crippen molar-refractivity contribution in [2.24, 2.45) is 11.1 Å². The highest BCUT2D eigenvalue weighted by Crippen LogP contribution is 2.40. The molecule has 1 aliphatic rings. The molecule has 0 atom stereocenters. The van der Waals surface area contributed by atoms with Crippen LogP contribution in [0.25, 0.3) is 0 Å². The molecule has 2 nitrogen and oxygen atoms in total. The number of nitrogens with two attached hydrogens (primary N) is 1. The summed E-state index contributed by atoms with van der Waals surface area (Å²) < 4.78 is 0. The van der Waals surface area contributed by atoms with Crippen LogP contribution in [0.5, 0.6) is 0 Å². The quantitative estimate of drug-likeness (QED) is 0.563. The minimum atomic E-state index is -0.412. The van der Waals surface area contributed by atoms with Crippen LogP contribution in [0.15, 0.2) is 58.7 Å². The molecule has 1 aliphatic carbocycles. The van der Waals surface area contributed by atoms with Crippen LogP contribution in [0.4, 0.5) is 0 Å². The Kier molecular flexibility index (Phi) is 6.61. The molecule has 0 aromatic heterocycles. The lowest BCUT2D eigenvalue weighted by Gasteiger charge is -2.32. The summed E-state index contributed by atoms with van der Waals surface area (Å²) in [4.78, 5) is 10.8. The second kappa shape index (κ2) is 7.98. The Morgan fingerprint density at radius 2 is 1.86 bits per heavy atom. The summed E-state index contributed by atoms with van der Waals surface area (Å²) in [5.41, 5.74) is 10.4. The normalized spacial score (nSPS) is 20.2. The first-order valence-corrected chi connectivity index (χ1v) is 7.93. The molecule has 0 aliphatic heterocycles. The van der Waals surface area contributed by atoms with E-state index in [0.29, 0.717) is 0 Å². The van der Waals surface area contributed by atoms with Gasteiger partial charge in [-0.3, -0.25) is 4.79 Å². The molecule has 22 heavy (non-hydrogen) atoms. The molecule has 0 aromatic rings. The molecule has 0 spiro atoms. The first-order chi connectivity index (χ1) is 10.2. The van der Waals surface area contributed by atoms with Gasteiger partial charge >= 0.3 is 0 Å². The van der Waals surface area contributed by atoms with Gasteiger partial charge in [0.15, 0.2) is 0 Å². The third-order valence-corrected chi connectivity index (χ3v) is 4.14. The monoisotopic (exact) mass is 299 g/mol. The van der Waals surface area contributed by atoms with Crippen LogP contribution in [-0.4, -0.2) is 5.91 Å². The Morgan fingerprint density at radius 3 is 2.45 bits per heavy atom. The van der Waals surface area contributed by atoms with Crippen molar-refractivity contribution in [1.82, 2.24) is 0 Å². The molecular weight excluding hydrogens is 270 g/mol. The highest BCUT2D eigenvalue weighted by Gasteiger charge is 2.26. The highest BCUT2D eigenvalue weighted by molar-refractivity contribution is 5.86. The predicted molar refractivity (Wildman–Crippen MR) is 95.3 cm³/mol. The molecule has 120 valence electrons. The summed E-state index contributed by atoms with van der Waals surface area (Å²) in [6.45, 7) is 10.8. The summed E-state index contributed by atoms with van der Waals surface area (Å²) in [7, 11) is 0. The third kappa shape index (κ3) is 5.88. The largest absolute Gasteiger partial charge is 0.366 e. The van der Waals surface area contributed by atoms with Gasteiger partial charge < -0.3 is 5.73 Å². The Balaban J connectivity index is 2.79. The van der Waals surface area contributed by atoms with Crippen molar-refractivity contribution in [2.75, 3.05) is 0 Å². The molecule has 2 N–H and O–H groups in total. The molecular formula is C20H29NO. The van der Waals surface area contributed by atoms with Gasteiger partial charge in [0.05, 0.1) is 0 Å². The average molecular weight is 299 g/mol. The maximum Gasteiger partial charge on any atom is 0.241 e. The molecule has 1 rings (SSSR count). The van der Waals surface area contributed by atoms with Crippen molar-refractivity contribution in [3.8, 4) is 0 Å². The Bertz CT molecular complexity index is 569. The molecule has 2 heteroatoms. The van der Waals surface area contributed by atoms with E-state index >= 15 is 0 Å². The third-order valence-electron chi connectivity index (χ3n) is 4.14. The number of carbonyl (C=O) groups is 1. The molecule has 0 saturated heterocycles. The Labute approximate surface area is 135 Å². The molecule has 1 amide bonds. The van der Waals surface area contributed by atoms with Crippen LogP contribution >= 0.6 is 0 Å². The van der Waals surface area contributed by atoms with E-state index in [4.69, 9.17) is 5.73 Å². The second-order valence-corrected chi connectivity index (χ2v) is 6.83. The van der Waals surface area contributed by atoms with Crippen molar-refractivity contribution in [1.29, 1.82) is 0 Å². The Morgan fingerprint density at radius 1 is 1.18 bits per heavy atom. The number of amides is 1. The summed E-state index contributed by atoms with van der Waals surface area (Å²) in [6.07, 6.45) is 15.5. The Hall–Kier alpha value is -1.83. The van der Waals surface area contributed by atoms with Crippen LogP contribution in [0, 0.1) is 5.41 Å². The lowest BCUT2D eigenvalue weighted by Crippen LogP contribution is -2.19. The fourth-order valence-electron chi connectivity index (χ4n) is 2.90. The summed E-state index contributed by atoms with van der Waals surface area (Å²) in [5, 5.41) is 0. The van der Waals surface area contributed by atoms with Gasteiger partial charge in [0, 0.05) is 6.08 Å². The van der Waals surface area contributed by atoms with Gasteiger partial charge in [-0.05, 0) is 56.6 Å². The number of primary amides is 1. The highest BCUT2D eigenvalue weighted by atomic mass is 16.1. The first-order valence-electron chi connectivity index (χ1n) is 7.93. The van der Waals surface area contributed by atoms with Gasteiger partial charge in [-0.15, -0.1) is 0 Å². The second-order valence-electron chi connectivity index (χ2n) is 6.83. The van der Waals surface area contributed by atoms with Crippen LogP contribution < -0.4 is 5.73 Å². The first kappa shape index (κ1) is 18.2. The molecule has 0 saturated carbocycles. The van der Waals surface area contributed by atoms with Gasteiger partial charge in [-0.25, -0.2) is 0 Å². The number of allylic oxidation sites excluding steroid dienone is 9. The molecule has 0 radical (unpaired) electrons. The van der Waals surface area contributed by atoms with E-state index in [1.807, 2.05) is 25.2 Å². The lowest BCUT2D eigenvalue weighted by molar-refractivity contribution is -0.113. The fraction of sp³-hybridized carbons (Fsp3) is 0.450. The zero-order valence-electron chi connectivity index (χ0n) is 14.6. The fourth-order valence-corrected chi connectivity index (χ4v) is 2.90. The standard InChI is InChI=1S/C20H29NO/c1-15(8-6-9-16(2)14-19(21)22)11-12-18-17(3)10-7-13-20(18,4)5/h6,8-9,11-12,14H,7,10,13H2,1-5H3,(H2,21,22)/b9-6-,12-11+,15-8+,16-14+. The van der Waals surface area contributed by atoms with Gasteiger partial charge in [0.25, 0.3) is 0 Å². The predicted octanol–water partition coefficient (Wildman–Crippen LogP) is 5.00. The van der Waals surface area contributed by atoms with Crippen molar-refractivity contribution in [3.05, 3.63) is 58.7 Å².